The lowest BCUT2D eigenvalue weighted by molar-refractivity contribution is 0.102. The van der Waals surface area contributed by atoms with Gasteiger partial charge in [-0.1, -0.05) is 6.07 Å². The van der Waals surface area contributed by atoms with Gasteiger partial charge in [-0.05, 0) is 59.0 Å². The maximum Gasteiger partial charge on any atom is 0.323 e. The van der Waals surface area contributed by atoms with Gasteiger partial charge in [0, 0.05) is 14.8 Å². The third kappa shape index (κ3) is 2.60. The molecule has 20 heavy (non-hydrogen) atoms. The molecule has 0 saturated heterocycles. The van der Waals surface area contributed by atoms with Gasteiger partial charge in [-0.15, -0.1) is 0 Å². The summed E-state index contributed by atoms with van der Waals surface area (Å²) in [4.78, 5) is 28.6. The minimum absolute atomic E-state index is 0.180. The molecule has 6 heteroatoms. The Morgan fingerprint density at radius 3 is 2.65 bits per heavy atom. The Morgan fingerprint density at radius 2 is 1.85 bits per heavy atom. The molecule has 3 N–H and O–H groups in total. The summed E-state index contributed by atoms with van der Waals surface area (Å²) in [7, 11) is 0. The van der Waals surface area contributed by atoms with Crippen molar-refractivity contribution in [1.82, 2.24) is 9.97 Å². The fourth-order valence-electron chi connectivity index (χ4n) is 1.94. The molecular formula is C14H10IN3O2. The van der Waals surface area contributed by atoms with E-state index in [-0.39, 0.29) is 11.6 Å². The molecule has 3 rings (SSSR count). The average Bonchev–Trinajstić information content (AvgIpc) is 2.78. The van der Waals surface area contributed by atoms with E-state index in [1.165, 1.54) is 0 Å². The van der Waals surface area contributed by atoms with Crippen molar-refractivity contribution in [2.45, 2.75) is 0 Å². The zero-order chi connectivity index (χ0) is 14.1. The first-order valence-corrected chi connectivity index (χ1v) is 6.99. The number of amides is 1. The van der Waals surface area contributed by atoms with Crippen LogP contribution in [0, 0.1) is 3.57 Å². The van der Waals surface area contributed by atoms with E-state index in [4.69, 9.17) is 0 Å². The highest BCUT2D eigenvalue weighted by Gasteiger charge is 2.07. The van der Waals surface area contributed by atoms with Gasteiger partial charge in [0.25, 0.3) is 5.91 Å². The minimum Gasteiger partial charge on any atom is -0.322 e. The molecule has 3 aromatic rings. The molecule has 0 aliphatic heterocycles. The Bertz CT molecular complexity index is 851. The lowest BCUT2D eigenvalue weighted by Crippen LogP contribution is -2.11. The minimum atomic E-state index is -0.263. The topological polar surface area (TPSA) is 77.8 Å². The maximum atomic E-state index is 12.1. The molecule has 0 aliphatic carbocycles. The number of carbonyl (C=O) groups is 1. The normalized spacial score (nSPS) is 10.7. The van der Waals surface area contributed by atoms with Gasteiger partial charge in [0.1, 0.15) is 0 Å². The molecule has 2 aromatic carbocycles. The van der Waals surface area contributed by atoms with E-state index in [0.717, 1.165) is 3.57 Å². The molecule has 100 valence electrons. The van der Waals surface area contributed by atoms with Gasteiger partial charge in [0.15, 0.2) is 0 Å². The van der Waals surface area contributed by atoms with Gasteiger partial charge in [-0.2, -0.15) is 0 Å². The predicted octanol–water partition coefficient (Wildman–Crippen LogP) is 2.71. The van der Waals surface area contributed by atoms with Gasteiger partial charge in [0.05, 0.1) is 11.0 Å². The van der Waals surface area contributed by atoms with E-state index in [2.05, 4.69) is 37.9 Å². The van der Waals surface area contributed by atoms with Crippen LogP contribution in [0.4, 0.5) is 5.69 Å². The lowest BCUT2D eigenvalue weighted by atomic mass is 10.2. The van der Waals surface area contributed by atoms with Crippen molar-refractivity contribution in [1.29, 1.82) is 0 Å². The van der Waals surface area contributed by atoms with Crippen molar-refractivity contribution in [2.24, 2.45) is 0 Å². The molecule has 0 aliphatic rings. The van der Waals surface area contributed by atoms with E-state index < -0.39 is 0 Å². The fraction of sp³-hybridized carbons (Fsp3) is 0. The quantitative estimate of drug-likeness (QED) is 0.599. The predicted molar refractivity (Wildman–Crippen MR) is 86.0 cm³/mol. The summed E-state index contributed by atoms with van der Waals surface area (Å²) in [5.74, 6) is -0.180. The molecule has 0 bridgehead atoms. The number of benzene rings is 2. The second-order valence-corrected chi connectivity index (χ2v) is 5.55. The van der Waals surface area contributed by atoms with Crippen LogP contribution in [0.15, 0.2) is 47.3 Å². The zero-order valence-electron chi connectivity index (χ0n) is 10.2. The highest BCUT2D eigenvalue weighted by atomic mass is 127. The molecule has 0 saturated carbocycles. The van der Waals surface area contributed by atoms with E-state index in [9.17, 15) is 9.59 Å². The molecule has 0 atom stereocenters. The second kappa shape index (κ2) is 5.12. The number of H-pyrrole nitrogens is 2. The van der Waals surface area contributed by atoms with Crippen LogP contribution in [0.5, 0.6) is 0 Å². The van der Waals surface area contributed by atoms with Crippen molar-refractivity contribution in [2.75, 3.05) is 5.32 Å². The molecule has 5 nitrogen and oxygen atoms in total. The maximum absolute atomic E-state index is 12.1. The number of imidazole rings is 1. The van der Waals surface area contributed by atoms with E-state index in [1.807, 2.05) is 18.2 Å². The third-order valence-corrected chi connectivity index (χ3v) is 3.53. The van der Waals surface area contributed by atoms with Crippen molar-refractivity contribution in [3.05, 3.63) is 62.1 Å². The first-order valence-electron chi connectivity index (χ1n) is 5.91. The molecule has 0 radical (unpaired) electrons. The number of halogens is 1. The first-order chi connectivity index (χ1) is 9.61. The highest BCUT2D eigenvalue weighted by molar-refractivity contribution is 14.1. The number of hydrogen-bond acceptors (Lipinski definition) is 2. The first kappa shape index (κ1) is 12.9. The molecule has 0 fully saturated rings. The Hall–Kier alpha value is -2.09. The van der Waals surface area contributed by atoms with Crippen molar-refractivity contribution in [3.63, 3.8) is 0 Å². The molecule has 1 aromatic heterocycles. The Balaban J connectivity index is 1.88. The fourth-order valence-corrected chi connectivity index (χ4v) is 2.49. The van der Waals surface area contributed by atoms with E-state index >= 15 is 0 Å². The summed E-state index contributed by atoms with van der Waals surface area (Å²) in [6.45, 7) is 0. The Labute approximate surface area is 127 Å². The number of nitrogens with one attached hydrogen (secondary N) is 3. The number of carbonyl (C=O) groups excluding carboxylic acids is 1. The molecule has 1 amide bonds. The Kier molecular flexibility index (Phi) is 3.31. The monoisotopic (exact) mass is 379 g/mol. The van der Waals surface area contributed by atoms with Crippen LogP contribution in [0.3, 0.4) is 0 Å². The van der Waals surface area contributed by atoms with Crippen LogP contribution in [-0.4, -0.2) is 15.9 Å². The van der Waals surface area contributed by atoms with Gasteiger partial charge in [0.2, 0.25) is 0 Å². The van der Waals surface area contributed by atoms with Crippen LogP contribution in [-0.2, 0) is 0 Å². The van der Waals surface area contributed by atoms with Crippen LogP contribution in [0.2, 0.25) is 0 Å². The smallest absolute Gasteiger partial charge is 0.322 e. The number of hydrogen-bond donors (Lipinski definition) is 3. The van der Waals surface area contributed by atoms with Crippen LogP contribution < -0.4 is 11.0 Å². The van der Waals surface area contributed by atoms with E-state index in [1.54, 1.807) is 24.3 Å². The molecule has 1 heterocycles. The van der Waals surface area contributed by atoms with Gasteiger partial charge in [-0.25, -0.2) is 4.79 Å². The number of rotatable bonds is 2. The third-order valence-electron chi connectivity index (χ3n) is 2.86. The van der Waals surface area contributed by atoms with Crippen molar-refractivity contribution < 1.29 is 4.79 Å². The molecular weight excluding hydrogens is 369 g/mol. The van der Waals surface area contributed by atoms with Gasteiger partial charge >= 0.3 is 5.69 Å². The summed E-state index contributed by atoms with van der Waals surface area (Å²) in [6, 6.07) is 12.5. The summed E-state index contributed by atoms with van der Waals surface area (Å²) in [5.41, 5.74) is 2.34. The number of anilines is 1. The van der Waals surface area contributed by atoms with E-state index in [0.29, 0.717) is 22.3 Å². The Morgan fingerprint density at radius 1 is 1.05 bits per heavy atom. The summed E-state index contributed by atoms with van der Waals surface area (Å²) >= 11 is 2.16. The van der Waals surface area contributed by atoms with Crippen molar-refractivity contribution >= 4 is 45.2 Å². The standard InChI is InChI=1S/C14H10IN3O2/c15-9-3-1-2-8(6-9)13(19)16-10-4-5-11-12(7-10)18-14(20)17-11/h1-7H,(H,16,19)(H2,17,18,20). The number of aromatic nitrogens is 2. The molecule has 0 spiro atoms. The SMILES string of the molecule is O=C(Nc1ccc2[nH]c(=O)[nH]c2c1)c1cccc(I)c1. The molecule has 0 unspecified atom stereocenters. The second-order valence-electron chi connectivity index (χ2n) is 4.30. The number of aromatic amines is 2. The van der Waals surface area contributed by atoms with Crippen LogP contribution >= 0.6 is 22.6 Å². The highest BCUT2D eigenvalue weighted by Crippen LogP contribution is 2.16. The largest absolute Gasteiger partial charge is 0.323 e. The summed E-state index contributed by atoms with van der Waals surface area (Å²) in [5, 5.41) is 2.81. The average molecular weight is 379 g/mol. The summed E-state index contributed by atoms with van der Waals surface area (Å²) in [6.07, 6.45) is 0. The van der Waals surface area contributed by atoms with Crippen LogP contribution in [0.1, 0.15) is 10.4 Å². The van der Waals surface area contributed by atoms with Crippen LogP contribution in [0.25, 0.3) is 11.0 Å². The van der Waals surface area contributed by atoms with Crippen molar-refractivity contribution in [3.8, 4) is 0 Å². The van der Waals surface area contributed by atoms with Gasteiger partial charge < -0.3 is 15.3 Å². The zero-order valence-corrected chi connectivity index (χ0v) is 12.4. The van der Waals surface area contributed by atoms with Gasteiger partial charge in [-0.3, -0.25) is 4.79 Å². The number of fused-ring (bicyclic) bond motifs is 1. The lowest BCUT2D eigenvalue weighted by Gasteiger charge is -2.05. The summed E-state index contributed by atoms with van der Waals surface area (Å²) < 4.78 is 1.00.